The number of piperidine rings is 1. The Labute approximate surface area is 147 Å². The van der Waals surface area contributed by atoms with Crippen molar-refractivity contribution in [2.24, 2.45) is 12.5 Å². The minimum absolute atomic E-state index is 0.0177. The molecule has 2 aromatic rings. The number of rotatable bonds is 3. The fourth-order valence-electron chi connectivity index (χ4n) is 3.89. The second kappa shape index (κ2) is 6.10. The summed E-state index contributed by atoms with van der Waals surface area (Å²) in [5.41, 5.74) is 1.27. The van der Waals surface area contributed by atoms with Gasteiger partial charge in [0.05, 0.1) is 0 Å². The zero-order chi connectivity index (χ0) is 17.4. The zero-order valence-electron chi connectivity index (χ0n) is 14.7. The van der Waals surface area contributed by atoms with E-state index in [0.717, 1.165) is 43.9 Å². The number of likely N-dealkylation sites (tertiary alicyclic amines) is 1. The maximum atomic E-state index is 12.8. The van der Waals surface area contributed by atoms with Crippen LogP contribution in [0, 0.1) is 5.41 Å². The first kappa shape index (κ1) is 16.0. The first-order valence-electron chi connectivity index (χ1n) is 8.69. The second-order valence-corrected chi connectivity index (χ2v) is 7.37. The molecule has 0 radical (unpaired) electrons. The molecule has 0 aliphatic carbocycles. The minimum Gasteiger partial charge on any atom is -0.454 e. The monoisotopic (exact) mass is 341 g/mol. The Bertz CT molecular complexity index is 801. The van der Waals surface area contributed by atoms with Crippen LogP contribution in [0.15, 0.2) is 30.6 Å². The van der Waals surface area contributed by atoms with E-state index >= 15 is 0 Å². The molecule has 1 fully saturated rings. The highest BCUT2D eigenvalue weighted by Gasteiger charge is 2.34. The summed E-state index contributed by atoms with van der Waals surface area (Å²) in [5.74, 6) is 2.15. The molecular weight excluding hydrogens is 318 g/mol. The number of carbonyl (C=O) groups excluding carboxylic acids is 1. The van der Waals surface area contributed by atoms with E-state index in [0.29, 0.717) is 12.6 Å². The lowest BCUT2D eigenvalue weighted by Crippen LogP contribution is -2.46. The van der Waals surface area contributed by atoms with E-state index in [1.165, 1.54) is 5.56 Å². The van der Waals surface area contributed by atoms with Gasteiger partial charge in [0.25, 0.3) is 5.91 Å². The third-order valence-electron chi connectivity index (χ3n) is 5.15. The number of amides is 1. The predicted octanol–water partition coefficient (Wildman–Crippen LogP) is 2.63. The van der Waals surface area contributed by atoms with Crippen LogP contribution in [0.3, 0.4) is 0 Å². The van der Waals surface area contributed by atoms with Crippen LogP contribution in [0.4, 0.5) is 0 Å². The van der Waals surface area contributed by atoms with Crippen LogP contribution in [0.5, 0.6) is 11.5 Å². The molecule has 0 N–H and O–H groups in total. The fraction of sp³-hybridized carbons (Fsp3) is 0.474. The number of imidazole rings is 1. The summed E-state index contributed by atoms with van der Waals surface area (Å²) in [6, 6.07) is 6.13. The summed E-state index contributed by atoms with van der Waals surface area (Å²) in [7, 11) is 1.86. The molecule has 3 heterocycles. The quantitative estimate of drug-likeness (QED) is 0.861. The van der Waals surface area contributed by atoms with Crippen molar-refractivity contribution in [1.82, 2.24) is 14.5 Å². The third-order valence-corrected chi connectivity index (χ3v) is 5.15. The number of benzene rings is 1. The number of carbonyl (C=O) groups is 1. The van der Waals surface area contributed by atoms with E-state index in [2.05, 4.69) is 24.0 Å². The molecule has 1 saturated heterocycles. The Morgan fingerprint density at radius 3 is 2.96 bits per heavy atom. The van der Waals surface area contributed by atoms with Crippen molar-refractivity contribution in [2.45, 2.75) is 26.2 Å². The number of aryl methyl sites for hydroxylation is 1. The Morgan fingerprint density at radius 1 is 1.32 bits per heavy atom. The molecule has 2 aliphatic heterocycles. The number of ether oxygens (including phenoxy) is 2. The minimum atomic E-state index is 0.0177. The normalized spacial score (nSPS) is 22.2. The molecule has 1 aromatic carbocycles. The highest BCUT2D eigenvalue weighted by atomic mass is 16.7. The molecule has 0 spiro atoms. The lowest BCUT2D eigenvalue weighted by molar-refractivity contribution is 0.0535. The van der Waals surface area contributed by atoms with Crippen LogP contribution in [0.25, 0.3) is 0 Å². The van der Waals surface area contributed by atoms with E-state index in [-0.39, 0.29) is 11.3 Å². The van der Waals surface area contributed by atoms with Gasteiger partial charge in [-0.3, -0.25) is 4.79 Å². The van der Waals surface area contributed by atoms with Gasteiger partial charge in [0.1, 0.15) is 0 Å². The summed E-state index contributed by atoms with van der Waals surface area (Å²) >= 11 is 0. The van der Waals surface area contributed by atoms with Gasteiger partial charge in [0.15, 0.2) is 17.3 Å². The molecule has 1 amide bonds. The molecule has 0 saturated carbocycles. The van der Waals surface area contributed by atoms with Gasteiger partial charge in [-0.25, -0.2) is 4.98 Å². The summed E-state index contributed by atoms with van der Waals surface area (Å²) in [4.78, 5) is 18.9. The van der Waals surface area contributed by atoms with Gasteiger partial charge in [-0.2, -0.15) is 0 Å². The fourth-order valence-corrected chi connectivity index (χ4v) is 3.89. The topological polar surface area (TPSA) is 56.6 Å². The van der Waals surface area contributed by atoms with Crippen molar-refractivity contribution in [2.75, 3.05) is 19.9 Å². The molecule has 0 bridgehead atoms. The van der Waals surface area contributed by atoms with Gasteiger partial charge < -0.3 is 18.9 Å². The van der Waals surface area contributed by atoms with Crippen LogP contribution in [-0.4, -0.2) is 40.2 Å². The highest BCUT2D eigenvalue weighted by Crippen LogP contribution is 2.37. The van der Waals surface area contributed by atoms with E-state index in [1.54, 1.807) is 10.8 Å². The van der Waals surface area contributed by atoms with Crippen molar-refractivity contribution in [3.63, 3.8) is 0 Å². The van der Waals surface area contributed by atoms with Gasteiger partial charge in [-0.1, -0.05) is 13.0 Å². The standard InChI is InChI=1S/C19H23N3O3/c1-19(11-14-4-5-15-16(10-14)25-13-24-15)6-3-8-22(12-19)18(23)17-20-7-9-21(17)2/h4-5,7,9-10H,3,6,8,11-13H2,1-2H3/t19-/m1/s1. The van der Waals surface area contributed by atoms with Gasteiger partial charge in [0.2, 0.25) is 6.79 Å². The van der Waals surface area contributed by atoms with Crippen LogP contribution < -0.4 is 9.47 Å². The number of nitrogens with zero attached hydrogens (tertiary/aromatic N) is 3. The summed E-state index contributed by atoms with van der Waals surface area (Å²) in [6.45, 7) is 4.09. The van der Waals surface area contributed by atoms with Crippen LogP contribution in [-0.2, 0) is 13.5 Å². The first-order chi connectivity index (χ1) is 12.0. The number of hydrogen-bond acceptors (Lipinski definition) is 4. The van der Waals surface area contributed by atoms with E-state index in [9.17, 15) is 4.79 Å². The number of hydrogen-bond donors (Lipinski definition) is 0. The van der Waals surface area contributed by atoms with Crippen LogP contribution in [0.2, 0.25) is 0 Å². The van der Waals surface area contributed by atoms with E-state index < -0.39 is 0 Å². The lowest BCUT2D eigenvalue weighted by Gasteiger charge is -2.40. The Morgan fingerprint density at radius 2 is 2.16 bits per heavy atom. The molecule has 132 valence electrons. The molecule has 6 nitrogen and oxygen atoms in total. The SMILES string of the molecule is Cn1ccnc1C(=O)N1CCC[C@](C)(Cc2ccc3c(c2)OCO3)C1. The first-order valence-corrected chi connectivity index (χ1v) is 8.69. The van der Waals surface area contributed by atoms with Crippen LogP contribution in [0.1, 0.15) is 35.9 Å². The average Bonchev–Trinajstić information content (AvgIpc) is 3.22. The van der Waals surface area contributed by atoms with E-state index in [1.807, 2.05) is 24.2 Å². The second-order valence-electron chi connectivity index (χ2n) is 7.37. The number of aromatic nitrogens is 2. The summed E-state index contributed by atoms with van der Waals surface area (Å²) in [5, 5.41) is 0. The molecule has 0 unspecified atom stereocenters. The summed E-state index contributed by atoms with van der Waals surface area (Å²) in [6.07, 6.45) is 6.50. The third kappa shape index (κ3) is 3.08. The molecule has 1 atom stereocenters. The maximum absolute atomic E-state index is 12.8. The van der Waals surface area contributed by atoms with E-state index in [4.69, 9.17) is 9.47 Å². The average molecular weight is 341 g/mol. The lowest BCUT2D eigenvalue weighted by atomic mass is 9.77. The molecule has 1 aromatic heterocycles. The maximum Gasteiger partial charge on any atom is 0.289 e. The Kier molecular flexibility index (Phi) is 3.90. The van der Waals surface area contributed by atoms with Crippen molar-refractivity contribution in [1.29, 1.82) is 0 Å². The molecule has 2 aliphatic rings. The zero-order valence-corrected chi connectivity index (χ0v) is 14.7. The predicted molar refractivity (Wildman–Crippen MR) is 92.7 cm³/mol. The molecule has 6 heteroatoms. The van der Waals surface area contributed by atoms with Crippen molar-refractivity contribution >= 4 is 5.91 Å². The molecule has 25 heavy (non-hydrogen) atoms. The van der Waals surface area contributed by atoms with Gasteiger partial charge in [0, 0.05) is 32.5 Å². The summed E-state index contributed by atoms with van der Waals surface area (Å²) < 4.78 is 12.7. The smallest absolute Gasteiger partial charge is 0.289 e. The Hall–Kier alpha value is -2.50. The largest absolute Gasteiger partial charge is 0.454 e. The van der Waals surface area contributed by atoms with Gasteiger partial charge in [-0.15, -0.1) is 0 Å². The van der Waals surface area contributed by atoms with Crippen molar-refractivity contribution in [3.05, 3.63) is 42.0 Å². The molecular formula is C19H23N3O3. The Balaban J connectivity index is 1.49. The highest BCUT2D eigenvalue weighted by molar-refractivity contribution is 5.90. The number of fused-ring (bicyclic) bond motifs is 1. The van der Waals surface area contributed by atoms with Gasteiger partial charge in [-0.05, 0) is 42.4 Å². The molecule has 4 rings (SSSR count). The van der Waals surface area contributed by atoms with Gasteiger partial charge >= 0.3 is 0 Å². The van der Waals surface area contributed by atoms with Crippen molar-refractivity contribution in [3.8, 4) is 11.5 Å². The van der Waals surface area contributed by atoms with Crippen molar-refractivity contribution < 1.29 is 14.3 Å². The van der Waals surface area contributed by atoms with Crippen LogP contribution >= 0.6 is 0 Å².